The second kappa shape index (κ2) is 9.65. The zero-order valence-corrected chi connectivity index (χ0v) is 14.8. The fourth-order valence-corrected chi connectivity index (χ4v) is 3.07. The molecule has 0 radical (unpaired) electrons. The highest BCUT2D eigenvalue weighted by atomic mass is 32.4. The van der Waals surface area contributed by atoms with Crippen LogP contribution >= 0.6 is 17.9 Å². The highest BCUT2D eigenvalue weighted by Crippen LogP contribution is 2.18. The molecule has 0 aliphatic rings. The summed E-state index contributed by atoms with van der Waals surface area (Å²) in [6.45, 7) is 2.44. The average Bonchev–Trinajstić information content (AvgIpc) is 2.90. The number of hydrogen-bond acceptors (Lipinski definition) is 10. The van der Waals surface area contributed by atoms with Crippen LogP contribution in [0.4, 0.5) is 5.13 Å². The lowest BCUT2D eigenvalue weighted by molar-refractivity contribution is -0.126. The number of aromatic nitrogens is 1. The molecule has 11 heteroatoms. The first-order valence-electron chi connectivity index (χ1n) is 6.18. The first-order valence-corrected chi connectivity index (χ1v) is 9.33. The van der Waals surface area contributed by atoms with Gasteiger partial charge in [-0.2, -0.15) is 0 Å². The third-order valence-electron chi connectivity index (χ3n) is 1.99. The Kier molecular flexibility index (Phi) is 8.21. The van der Waals surface area contributed by atoms with Crippen molar-refractivity contribution in [2.45, 2.75) is 13.8 Å². The van der Waals surface area contributed by atoms with Crippen molar-refractivity contribution in [2.24, 2.45) is 5.16 Å². The summed E-state index contributed by atoms with van der Waals surface area (Å²) in [6, 6.07) is 0. The zero-order valence-electron chi connectivity index (χ0n) is 12.3. The van der Waals surface area contributed by atoms with Gasteiger partial charge in [0.25, 0.3) is 5.67 Å². The highest BCUT2D eigenvalue weighted by molar-refractivity contribution is 8.02. The molecule has 1 aromatic heterocycles. The van der Waals surface area contributed by atoms with Crippen LogP contribution in [0.1, 0.15) is 19.5 Å². The number of hydrogen-bond donors (Lipinski definition) is 1. The van der Waals surface area contributed by atoms with Crippen LogP contribution in [-0.2, 0) is 35.4 Å². The fraction of sp³-hybridized carbons (Fsp3) is 0.455. The van der Waals surface area contributed by atoms with Crippen LogP contribution in [0.2, 0.25) is 0 Å². The van der Waals surface area contributed by atoms with E-state index in [1.807, 2.05) is 0 Å². The van der Waals surface area contributed by atoms with Crippen LogP contribution in [0.3, 0.4) is 0 Å². The molecular formula is C11H16N3O5PS2. The number of rotatable bonds is 8. The number of thiazole rings is 1. The molecule has 0 fully saturated rings. The van der Waals surface area contributed by atoms with Crippen molar-refractivity contribution in [3.05, 3.63) is 11.1 Å². The molecule has 0 spiro atoms. The number of nitrogens with zero attached hydrogens (tertiary/aromatic N) is 2. The Hall–Kier alpha value is -1.32. The van der Waals surface area contributed by atoms with Gasteiger partial charge in [-0.1, -0.05) is 5.16 Å². The summed E-state index contributed by atoms with van der Waals surface area (Å²) in [5.74, 6) is -0.787. The van der Waals surface area contributed by atoms with E-state index in [1.165, 1.54) is 7.11 Å². The van der Waals surface area contributed by atoms with Crippen LogP contribution in [0.5, 0.6) is 0 Å². The molecule has 0 aliphatic carbocycles. The van der Waals surface area contributed by atoms with Gasteiger partial charge in [0.2, 0.25) is 5.71 Å². The first-order chi connectivity index (χ1) is 10.5. The number of ether oxygens (including phenoxy) is 2. The summed E-state index contributed by atoms with van der Waals surface area (Å²) in [4.78, 5) is 20.8. The summed E-state index contributed by atoms with van der Waals surface area (Å²) >= 11 is 6.29. The van der Waals surface area contributed by atoms with Crippen molar-refractivity contribution in [3.63, 3.8) is 0 Å². The third-order valence-corrected chi connectivity index (χ3v) is 4.22. The van der Waals surface area contributed by atoms with E-state index in [0.29, 0.717) is 18.3 Å². The van der Waals surface area contributed by atoms with Crippen molar-refractivity contribution in [3.8, 4) is 0 Å². The Morgan fingerprint density at radius 2 is 2.09 bits per heavy atom. The van der Waals surface area contributed by atoms with Gasteiger partial charge in [0.05, 0.1) is 13.2 Å². The van der Waals surface area contributed by atoms with Crippen molar-refractivity contribution >= 4 is 52.2 Å². The molecule has 1 rings (SSSR count). The van der Waals surface area contributed by atoms with E-state index in [-0.39, 0.29) is 17.1 Å². The predicted octanol–water partition coefficient (Wildman–Crippen LogP) is 1.64. The van der Waals surface area contributed by atoms with Crippen LogP contribution in [0.25, 0.3) is 0 Å². The number of carbonyl (C=O) groups excluding carboxylic acids is 1. The van der Waals surface area contributed by atoms with E-state index in [2.05, 4.69) is 15.0 Å². The van der Waals surface area contributed by atoms with E-state index in [4.69, 9.17) is 31.5 Å². The Morgan fingerprint density at radius 3 is 2.55 bits per heavy atom. The summed E-state index contributed by atoms with van der Waals surface area (Å²) < 4.78 is 15.6. The van der Waals surface area contributed by atoms with Crippen LogP contribution in [0.15, 0.2) is 10.5 Å². The molecule has 0 saturated carbocycles. The van der Waals surface area contributed by atoms with E-state index in [1.54, 1.807) is 19.2 Å². The minimum absolute atomic E-state index is 0.109. The normalized spacial score (nSPS) is 12.0. The maximum Gasteiger partial charge on any atom is 0.371 e. The molecule has 122 valence electrons. The number of carbonyl (C=O) groups is 1. The lowest BCUT2D eigenvalue weighted by Crippen LogP contribution is -2.18. The quantitative estimate of drug-likeness (QED) is 0.421. The van der Waals surface area contributed by atoms with Gasteiger partial charge in [-0.15, -0.1) is 11.3 Å². The van der Waals surface area contributed by atoms with Gasteiger partial charge >= 0.3 is 5.97 Å². The lowest BCUT2D eigenvalue weighted by atomic mass is 10.3. The maximum absolute atomic E-state index is 12.2. The summed E-state index contributed by atoms with van der Waals surface area (Å²) in [6.07, 6.45) is 0. The van der Waals surface area contributed by atoms with Crippen molar-refractivity contribution in [1.29, 1.82) is 0 Å². The molecule has 1 aromatic rings. The van der Waals surface area contributed by atoms with Crippen molar-refractivity contribution < 1.29 is 23.6 Å². The minimum atomic E-state index is -1.81. The molecule has 8 nitrogen and oxygen atoms in total. The largest absolute Gasteiger partial charge is 0.398 e. The van der Waals surface area contributed by atoms with E-state index < -0.39 is 12.5 Å². The molecule has 0 saturated heterocycles. The maximum atomic E-state index is 12.2. The summed E-state index contributed by atoms with van der Waals surface area (Å²) in [7, 11) is 1.30. The molecule has 0 aromatic carbocycles. The van der Waals surface area contributed by atoms with Gasteiger partial charge in [-0.3, -0.25) is 0 Å². The number of nitrogens with two attached hydrogens (primary N) is 1. The molecule has 1 atom stereocenters. The summed E-state index contributed by atoms with van der Waals surface area (Å²) in [5.41, 5.74) is 5.78. The molecule has 22 heavy (non-hydrogen) atoms. The van der Waals surface area contributed by atoms with Crippen LogP contribution in [-0.4, -0.2) is 42.7 Å². The Labute approximate surface area is 137 Å². The molecule has 1 unspecified atom stereocenters. The van der Waals surface area contributed by atoms with Gasteiger partial charge < -0.3 is 24.6 Å². The molecule has 1 heterocycles. The van der Waals surface area contributed by atoms with E-state index in [0.717, 1.165) is 11.3 Å². The highest BCUT2D eigenvalue weighted by Gasteiger charge is 2.21. The van der Waals surface area contributed by atoms with Gasteiger partial charge in [0.15, 0.2) is 11.7 Å². The smallest absolute Gasteiger partial charge is 0.371 e. The number of oxime groups is 1. The summed E-state index contributed by atoms with van der Waals surface area (Å²) in [5, 5.41) is 5.48. The van der Waals surface area contributed by atoms with Gasteiger partial charge in [0, 0.05) is 5.38 Å². The second-order valence-corrected chi connectivity index (χ2v) is 6.41. The predicted molar refractivity (Wildman–Crippen MR) is 88.7 cm³/mol. The fourth-order valence-electron chi connectivity index (χ4n) is 1.23. The number of anilines is 1. The minimum Gasteiger partial charge on any atom is -0.398 e. The molecule has 2 N–H and O–H groups in total. The third kappa shape index (κ3) is 5.47. The van der Waals surface area contributed by atoms with Gasteiger partial charge in [-0.25, -0.2) is 9.78 Å². The van der Waals surface area contributed by atoms with Crippen LogP contribution in [0, 0.1) is 0 Å². The first kappa shape index (κ1) is 18.7. The van der Waals surface area contributed by atoms with Crippen molar-refractivity contribution in [1.82, 2.24) is 4.98 Å². The van der Waals surface area contributed by atoms with Crippen LogP contribution < -0.4 is 5.73 Å². The average molecular weight is 365 g/mol. The van der Waals surface area contributed by atoms with E-state index in [9.17, 15) is 4.79 Å². The Bertz CT molecular complexity index is 617. The molecule has 0 aliphatic heterocycles. The Balaban J connectivity index is 2.99. The standard InChI is InChI=1S/C11H16N3O5PS2/c1-4-17-11(18-5-2)20(21)19-9(15)8(14-16-3)7-6-22-10(12)13-7/h6H,4-5H2,1-3H3,(H2,12,13)/b14-8-. The molecular weight excluding hydrogens is 349 g/mol. The molecule has 0 amide bonds. The van der Waals surface area contributed by atoms with Crippen molar-refractivity contribution in [2.75, 3.05) is 26.1 Å². The second-order valence-electron chi connectivity index (χ2n) is 3.46. The van der Waals surface area contributed by atoms with Gasteiger partial charge in [-0.05, 0) is 25.7 Å². The topological polar surface area (TPSA) is 105 Å². The monoisotopic (exact) mass is 365 g/mol. The zero-order chi connectivity index (χ0) is 16.5. The SMILES string of the molecule is CCOC(OCC)=P(=S)OC(=O)/C(=N\OC)c1csc(N)n1. The molecule has 0 bridgehead atoms. The van der Waals surface area contributed by atoms with E-state index >= 15 is 0 Å². The lowest BCUT2D eigenvalue weighted by Gasteiger charge is -2.07. The number of nitrogen functional groups attached to an aromatic ring is 1. The van der Waals surface area contributed by atoms with Gasteiger partial charge in [0.1, 0.15) is 12.8 Å². The Morgan fingerprint density at radius 1 is 1.45 bits per heavy atom.